The summed E-state index contributed by atoms with van der Waals surface area (Å²) in [5.41, 5.74) is 2.76. The first kappa shape index (κ1) is 31.8. The van der Waals surface area contributed by atoms with E-state index in [2.05, 4.69) is 19.2 Å². The Labute approximate surface area is 244 Å². The highest BCUT2D eigenvalue weighted by Crippen LogP contribution is 2.41. The molecular formula is C32H45N3O6. The summed E-state index contributed by atoms with van der Waals surface area (Å²) in [5, 5.41) is 2.89. The van der Waals surface area contributed by atoms with Crippen molar-refractivity contribution < 1.29 is 28.6 Å². The van der Waals surface area contributed by atoms with E-state index in [4.69, 9.17) is 14.2 Å². The minimum absolute atomic E-state index is 0.115. The average molecular weight is 568 g/mol. The number of hydrogen-bond acceptors (Lipinski definition) is 6. The topological polar surface area (TPSA) is 97.4 Å². The molecule has 224 valence electrons. The fourth-order valence-corrected chi connectivity index (χ4v) is 5.17. The van der Waals surface area contributed by atoms with Crippen molar-refractivity contribution in [2.45, 2.75) is 71.4 Å². The van der Waals surface area contributed by atoms with Gasteiger partial charge in [0.1, 0.15) is 18.6 Å². The molecule has 1 unspecified atom stereocenters. The van der Waals surface area contributed by atoms with Gasteiger partial charge in [0.15, 0.2) is 11.5 Å². The maximum absolute atomic E-state index is 13.8. The molecule has 0 aliphatic carbocycles. The molecule has 2 aromatic carbocycles. The van der Waals surface area contributed by atoms with Crippen molar-refractivity contribution in [2.75, 3.05) is 41.0 Å². The predicted octanol–water partition coefficient (Wildman–Crippen LogP) is 4.46. The first-order valence-electron chi connectivity index (χ1n) is 14.6. The molecule has 1 heterocycles. The zero-order valence-corrected chi connectivity index (χ0v) is 25.3. The van der Waals surface area contributed by atoms with Crippen molar-refractivity contribution in [1.82, 2.24) is 15.1 Å². The second-order valence-corrected chi connectivity index (χ2v) is 10.4. The van der Waals surface area contributed by atoms with Gasteiger partial charge in [0.2, 0.25) is 23.5 Å². The third-order valence-electron chi connectivity index (χ3n) is 7.60. The summed E-state index contributed by atoms with van der Waals surface area (Å²) in [6, 6.07) is 10.3. The third kappa shape index (κ3) is 7.71. The number of benzene rings is 2. The van der Waals surface area contributed by atoms with Gasteiger partial charge in [-0.05, 0) is 48.6 Å². The molecule has 9 heteroatoms. The third-order valence-corrected chi connectivity index (χ3v) is 7.60. The van der Waals surface area contributed by atoms with Gasteiger partial charge >= 0.3 is 0 Å². The summed E-state index contributed by atoms with van der Waals surface area (Å²) < 4.78 is 16.4. The second-order valence-electron chi connectivity index (χ2n) is 10.4. The minimum atomic E-state index is -0.681. The molecule has 0 radical (unpaired) electrons. The molecular weight excluding hydrogens is 522 g/mol. The van der Waals surface area contributed by atoms with Crippen LogP contribution in [-0.2, 0) is 20.8 Å². The van der Waals surface area contributed by atoms with Gasteiger partial charge in [0.25, 0.3) is 0 Å². The van der Waals surface area contributed by atoms with E-state index in [0.717, 1.165) is 48.8 Å². The molecule has 9 nitrogen and oxygen atoms in total. The van der Waals surface area contributed by atoms with Gasteiger partial charge < -0.3 is 29.3 Å². The minimum Gasteiger partial charge on any atom is -0.493 e. The highest BCUT2D eigenvalue weighted by atomic mass is 16.5. The van der Waals surface area contributed by atoms with Crippen LogP contribution in [0.5, 0.6) is 17.2 Å². The van der Waals surface area contributed by atoms with E-state index in [1.807, 2.05) is 36.4 Å². The van der Waals surface area contributed by atoms with Crippen LogP contribution in [0.25, 0.3) is 11.1 Å². The van der Waals surface area contributed by atoms with Crippen LogP contribution in [0.15, 0.2) is 36.4 Å². The lowest BCUT2D eigenvalue weighted by atomic mass is 9.96. The highest BCUT2D eigenvalue weighted by Gasteiger charge is 2.44. The SMILES string of the molecule is CCCCCNC(=O)CN1C(=O)C(Cc2ccc(-c3cc(OC)c(OC)c(OC)c3)cc2)N(CCCC)C(=O)[C@@H]1C. The number of rotatable bonds is 15. The van der Waals surface area contributed by atoms with Gasteiger partial charge in [-0.3, -0.25) is 14.4 Å². The van der Waals surface area contributed by atoms with Crippen LogP contribution in [0.4, 0.5) is 0 Å². The number of carbonyl (C=O) groups excluding carboxylic acids is 3. The van der Waals surface area contributed by atoms with Gasteiger partial charge in [-0.1, -0.05) is 57.4 Å². The molecule has 41 heavy (non-hydrogen) atoms. The molecule has 3 rings (SSSR count). The van der Waals surface area contributed by atoms with Crippen LogP contribution in [0.3, 0.4) is 0 Å². The van der Waals surface area contributed by atoms with E-state index < -0.39 is 12.1 Å². The fraction of sp³-hybridized carbons (Fsp3) is 0.531. The van der Waals surface area contributed by atoms with E-state index in [9.17, 15) is 14.4 Å². The Morgan fingerprint density at radius 1 is 0.829 bits per heavy atom. The maximum atomic E-state index is 13.8. The largest absolute Gasteiger partial charge is 0.493 e. The van der Waals surface area contributed by atoms with Crippen molar-refractivity contribution >= 4 is 17.7 Å². The van der Waals surface area contributed by atoms with E-state index in [-0.39, 0.29) is 24.3 Å². The quantitative estimate of drug-likeness (QED) is 0.319. The van der Waals surface area contributed by atoms with Crippen molar-refractivity contribution in [3.8, 4) is 28.4 Å². The van der Waals surface area contributed by atoms with Gasteiger partial charge in [0.05, 0.1) is 21.3 Å². The first-order chi connectivity index (χ1) is 19.8. The average Bonchev–Trinajstić information content (AvgIpc) is 2.99. The van der Waals surface area contributed by atoms with Crippen LogP contribution in [0, 0.1) is 0 Å². The summed E-state index contributed by atoms with van der Waals surface area (Å²) in [5.74, 6) is 1.11. The molecule has 1 saturated heterocycles. The molecule has 1 aliphatic rings. The molecule has 0 spiro atoms. The van der Waals surface area contributed by atoms with E-state index in [0.29, 0.717) is 36.8 Å². The number of ether oxygens (including phenoxy) is 3. The summed E-state index contributed by atoms with van der Waals surface area (Å²) in [7, 11) is 4.73. The summed E-state index contributed by atoms with van der Waals surface area (Å²) in [6.07, 6.45) is 5.07. The van der Waals surface area contributed by atoms with Crippen molar-refractivity contribution in [2.24, 2.45) is 0 Å². The normalized spacial score (nSPS) is 17.0. The van der Waals surface area contributed by atoms with Gasteiger partial charge in [-0.2, -0.15) is 0 Å². The Kier molecular flexibility index (Phi) is 11.9. The van der Waals surface area contributed by atoms with Gasteiger partial charge in [-0.15, -0.1) is 0 Å². The van der Waals surface area contributed by atoms with Crippen molar-refractivity contribution in [3.05, 3.63) is 42.0 Å². The van der Waals surface area contributed by atoms with Crippen molar-refractivity contribution in [3.63, 3.8) is 0 Å². The molecule has 0 saturated carbocycles. The molecule has 0 aromatic heterocycles. The molecule has 1 fully saturated rings. The number of unbranched alkanes of at least 4 members (excludes halogenated alkanes) is 3. The van der Waals surface area contributed by atoms with Crippen LogP contribution in [-0.4, -0.2) is 80.6 Å². The Balaban J connectivity index is 1.82. The monoisotopic (exact) mass is 567 g/mol. The molecule has 2 aromatic rings. The van der Waals surface area contributed by atoms with Crippen molar-refractivity contribution in [1.29, 1.82) is 0 Å². The van der Waals surface area contributed by atoms with Crippen LogP contribution < -0.4 is 19.5 Å². The fourth-order valence-electron chi connectivity index (χ4n) is 5.17. The smallest absolute Gasteiger partial charge is 0.246 e. The van der Waals surface area contributed by atoms with Gasteiger partial charge in [-0.25, -0.2) is 0 Å². The number of nitrogens with zero attached hydrogens (tertiary/aromatic N) is 2. The number of methoxy groups -OCH3 is 3. The number of nitrogens with one attached hydrogen (secondary N) is 1. The standard InChI is InChI=1S/C32H45N3O6/c1-7-9-11-16-33-29(36)21-35-22(3)31(37)34(17-10-8-2)26(32(35)38)18-23-12-14-24(15-13-23)25-19-27(39-4)30(41-6)28(20-25)40-5/h12-15,19-20,22,26H,7-11,16-18,21H2,1-6H3,(H,33,36)/t22-,26?/m0/s1. The zero-order valence-electron chi connectivity index (χ0n) is 25.3. The molecule has 2 atom stereocenters. The summed E-state index contributed by atoms with van der Waals surface area (Å²) in [4.78, 5) is 43.0. The zero-order chi connectivity index (χ0) is 29.9. The Hall–Kier alpha value is -3.75. The Bertz CT molecular complexity index is 1160. The number of hydrogen-bond donors (Lipinski definition) is 1. The maximum Gasteiger partial charge on any atom is 0.246 e. The van der Waals surface area contributed by atoms with E-state index in [1.54, 1.807) is 33.2 Å². The lowest BCUT2D eigenvalue weighted by Crippen LogP contribution is -2.65. The lowest BCUT2D eigenvalue weighted by Gasteiger charge is -2.44. The van der Waals surface area contributed by atoms with E-state index in [1.165, 1.54) is 4.90 Å². The van der Waals surface area contributed by atoms with E-state index >= 15 is 0 Å². The molecule has 1 N–H and O–H groups in total. The van der Waals surface area contributed by atoms with Gasteiger partial charge in [0, 0.05) is 19.5 Å². The highest BCUT2D eigenvalue weighted by molar-refractivity contribution is 5.99. The summed E-state index contributed by atoms with van der Waals surface area (Å²) >= 11 is 0. The number of amides is 3. The summed E-state index contributed by atoms with van der Waals surface area (Å²) in [6.45, 7) is 6.85. The van der Waals surface area contributed by atoms with Crippen LogP contribution in [0.1, 0.15) is 58.4 Å². The molecule has 3 amide bonds. The number of piperazine rings is 1. The first-order valence-corrected chi connectivity index (χ1v) is 14.6. The Morgan fingerprint density at radius 3 is 2.02 bits per heavy atom. The molecule has 1 aliphatic heterocycles. The number of carbonyl (C=O) groups is 3. The predicted molar refractivity (Wildman–Crippen MR) is 159 cm³/mol. The lowest BCUT2D eigenvalue weighted by molar-refractivity contribution is -0.162. The second kappa shape index (κ2) is 15.3. The molecule has 0 bridgehead atoms. The van der Waals surface area contributed by atoms with Crippen LogP contribution >= 0.6 is 0 Å². The Morgan fingerprint density at radius 2 is 1.46 bits per heavy atom. The van der Waals surface area contributed by atoms with Crippen LogP contribution in [0.2, 0.25) is 0 Å².